The Hall–Kier alpha value is -3.03. The van der Waals surface area contributed by atoms with Gasteiger partial charge in [0.05, 0.1) is 11.3 Å². The lowest BCUT2D eigenvalue weighted by Crippen LogP contribution is -2.26. The number of hydrogen-bond acceptors (Lipinski definition) is 4. The first-order valence-electron chi connectivity index (χ1n) is 8.55. The molecule has 0 aliphatic rings. The van der Waals surface area contributed by atoms with Crippen molar-refractivity contribution in [1.29, 1.82) is 0 Å². The number of rotatable bonds is 9. The van der Waals surface area contributed by atoms with Gasteiger partial charge in [0.1, 0.15) is 0 Å². The van der Waals surface area contributed by atoms with Crippen LogP contribution >= 0.6 is 0 Å². The van der Waals surface area contributed by atoms with Crippen molar-refractivity contribution < 1.29 is 23.1 Å². The summed E-state index contributed by atoms with van der Waals surface area (Å²) in [5.74, 6) is -1.34. The number of benzene rings is 2. The van der Waals surface area contributed by atoms with Crippen LogP contribution in [0.2, 0.25) is 0 Å². The van der Waals surface area contributed by atoms with Crippen molar-refractivity contribution in [3.8, 4) is 0 Å². The van der Waals surface area contributed by atoms with Crippen LogP contribution in [-0.4, -0.2) is 31.8 Å². The standard InChI is InChI=1S/C21H21NO5S/c1-16(15-17-5-3-2-4-6-17)7-12-20(23)18-8-10-19(11-9-18)28(26,27)22-14-13-21(24)25/h2-12,15,22H,13-14H2,1H3,(H,24,25)/b12-7+,16-15-. The minimum absolute atomic E-state index is 0.0291. The first kappa shape index (κ1) is 21.3. The monoisotopic (exact) mass is 399 g/mol. The molecule has 0 amide bonds. The molecule has 6 nitrogen and oxygen atoms in total. The number of nitrogens with one attached hydrogen (secondary N) is 1. The van der Waals surface area contributed by atoms with Crippen molar-refractivity contribution in [2.24, 2.45) is 0 Å². The fourth-order valence-corrected chi connectivity index (χ4v) is 3.37. The minimum Gasteiger partial charge on any atom is -0.481 e. The summed E-state index contributed by atoms with van der Waals surface area (Å²) in [6.45, 7) is 1.68. The van der Waals surface area contributed by atoms with E-state index in [2.05, 4.69) is 4.72 Å². The van der Waals surface area contributed by atoms with Crippen molar-refractivity contribution in [2.75, 3.05) is 6.54 Å². The van der Waals surface area contributed by atoms with Crippen LogP contribution in [0.1, 0.15) is 29.3 Å². The third kappa shape index (κ3) is 6.61. The number of ketones is 1. The normalized spacial score (nSPS) is 12.2. The Morgan fingerprint density at radius 3 is 2.25 bits per heavy atom. The molecule has 2 rings (SSSR count). The molecule has 28 heavy (non-hydrogen) atoms. The summed E-state index contributed by atoms with van der Waals surface area (Å²) in [4.78, 5) is 22.7. The van der Waals surface area contributed by atoms with Gasteiger partial charge in [0.25, 0.3) is 0 Å². The summed E-state index contributed by atoms with van der Waals surface area (Å²) in [6.07, 6.45) is 4.77. The van der Waals surface area contributed by atoms with Crippen LogP contribution in [-0.2, 0) is 14.8 Å². The largest absolute Gasteiger partial charge is 0.481 e. The molecule has 2 N–H and O–H groups in total. The molecule has 0 aliphatic heterocycles. The summed E-state index contributed by atoms with van der Waals surface area (Å²) in [6, 6.07) is 15.2. The number of carbonyl (C=O) groups is 2. The van der Waals surface area contributed by atoms with Crippen molar-refractivity contribution >= 4 is 27.9 Å². The highest BCUT2D eigenvalue weighted by molar-refractivity contribution is 7.89. The van der Waals surface area contributed by atoms with Gasteiger partial charge in [-0.3, -0.25) is 9.59 Å². The van der Waals surface area contributed by atoms with E-state index in [9.17, 15) is 18.0 Å². The summed E-state index contributed by atoms with van der Waals surface area (Å²) in [5.41, 5.74) is 2.29. The van der Waals surface area contributed by atoms with Crippen molar-refractivity contribution in [3.05, 3.63) is 83.4 Å². The molecule has 0 bridgehead atoms. The van der Waals surface area contributed by atoms with Gasteiger partial charge in [-0.25, -0.2) is 13.1 Å². The van der Waals surface area contributed by atoms with Crippen molar-refractivity contribution in [2.45, 2.75) is 18.2 Å². The van der Waals surface area contributed by atoms with E-state index in [0.29, 0.717) is 5.56 Å². The van der Waals surface area contributed by atoms with Gasteiger partial charge in [0.2, 0.25) is 10.0 Å². The second kappa shape index (κ2) is 9.77. The zero-order valence-electron chi connectivity index (χ0n) is 15.3. The first-order valence-corrected chi connectivity index (χ1v) is 10.0. The molecule has 0 fully saturated rings. The summed E-state index contributed by atoms with van der Waals surface area (Å²) in [5, 5.41) is 8.57. The lowest BCUT2D eigenvalue weighted by molar-refractivity contribution is -0.136. The van der Waals surface area contributed by atoms with Gasteiger partial charge >= 0.3 is 5.97 Å². The van der Waals surface area contributed by atoms with Crippen LogP contribution in [0.5, 0.6) is 0 Å². The quantitative estimate of drug-likeness (QED) is 0.383. The van der Waals surface area contributed by atoms with Crippen LogP contribution in [0.15, 0.2) is 77.2 Å². The van der Waals surface area contributed by atoms with E-state index < -0.39 is 16.0 Å². The third-order valence-corrected chi connectivity index (χ3v) is 5.25. The number of carboxylic acid groups (broad SMARTS) is 1. The van der Waals surface area contributed by atoms with Gasteiger partial charge in [-0.05, 0) is 42.8 Å². The average Bonchev–Trinajstić information content (AvgIpc) is 2.66. The van der Waals surface area contributed by atoms with Gasteiger partial charge in [-0.15, -0.1) is 0 Å². The maximum absolute atomic E-state index is 12.3. The van der Waals surface area contributed by atoms with E-state index in [-0.39, 0.29) is 23.6 Å². The number of aliphatic carboxylic acids is 1. The third-order valence-electron chi connectivity index (χ3n) is 3.77. The second-order valence-electron chi connectivity index (χ2n) is 6.06. The van der Waals surface area contributed by atoms with Gasteiger partial charge in [0.15, 0.2) is 5.78 Å². The predicted molar refractivity (Wildman–Crippen MR) is 107 cm³/mol. The van der Waals surface area contributed by atoms with E-state index >= 15 is 0 Å². The van der Waals surface area contributed by atoms with Crippen molar-refractivity contribution in [1.82, 2.24) is 4.72 Å². The Balaban J connectivity index is 2.03. The Morgan fingerprint density at radius 2 is 1.64 bits per heavy atom. The Bertz CT molecular complexity index is 991. The predicted octanol–water partition coefficient (Wildman–Crippen LogP) is 3.28. The lowest BCUT2D eigenvalue weighted by Gasteiger charge is -2.06. The second-order valence-corrected chi connectivity index (χ2v) is 7.83. The zero-order chi connectivity index (χ0) is 20.6. The summed E-state index contributed by atoms with van der Waals surface area (Å²) >= 11 is 0. The lowest BCUT2D eigenvalue weighted by atomic mass is 10.1. The molecule has 2 aromatic rings. The Morgan fingerprint density at radius 1 is 1.00 bits per heavy atom. The molecule has 0 unspecified atom stereocenters. The molecular weight excluding hydrogens is 378 g/mol. The molecule has 7 heteroatoms. The number of hydrogen-bond donors (Lipinski definition) is 2. The molecule has 0 spiro atoms. The maximum Gasteiger partial charge on any atom is 0.304 e. The maximum atomic E-state index is 12.3. The molecule has 0 aliphatic carbocycles. The molecule has 2 aromatic carbocycles. The molecule has 146 valence electrons. The zero-order valence-corrected chi connectivity index (χ0v) is 16.1. The van der Waals surface area contributed by atoms with E-state index in [4.69, 9.17) is 5.11 Å². The Labute approximate surface area is 164 Å². The van der Waals surface area contributed by atoms with Gasteiger partial charge in [-0.2, -0.15) is 0 Å². The van der Waals surface area contributed by atoms with Gasteiger partial charge in [-0.1, -0.05) is 48.1 Å². The van der Waals surface area contributed by atoms with Crippen LogP contribution in [0, 0.1) is 0 Å². The fourth-order valence-electron chi connectivity index (χ4n) is 2.34. The molecule has 0 saturated heterocycles. The van der Waals surface area contributed by atoms with E-state index in [1.54, 1.807) is 6.08 Å². The minimum atomic E-state index is -3.81. The number of allylic oxidation sites excluding steroid dienone is 3. The molecular formula is C21H21NO5S. The topological polar surface area (TPSA) is 101 Å². The van der Waals surface area contributed by atoms with Gasteiger partial charge < -0.3 is 5.11 Å². The summed E-state index contributed by atoms with van der Waals surface area (Å²) < 4.78 is 26.3. The molecule has 0 heterocycles. The van der Waals surface area contributed by atoms with Crippen molar-refractivity contribution in [3.63, 3.8) is 0 Å². The average molecular weight is 399 g/mol. The van der Waals surface area contributed by atoms with E-state index in [1.807, 2.05) is 43.3 Å². The molecule has 0 atom stereocenters. The summed E-state index contributed by atoms with van der Waals surface area (Å²) in [7, 11) is -3.81. The van der Waals surface area contributed by atoms with E-state index in [1.165, 1.54) is 30.3 Å². The highest BCUT2D eigenvalue weighted by Gasteiger charge is 2.14. The number of sulfonamides is 1. The van der Waals surface area contributed by atoms with Crippen LogP contribution in [0.25, 0.3) is 6.08 Å². The van der Waals surface area contributed by atoms with E-state index in [0.717, 1.165) is 11.1 Å². The Kier molecular flexibility index (Phi) is 7.43. The molecule has 0 radical (unpaired) electrons. The van der Waals surface area contributed by atoms with Crippen LogP contribution < -0.4 is 4.72 Å². The SMILES string of the molecule is CC(=C/c1ccccc1)/C=C/C(=O)c1ccc(S(=O)(=O)NCCC(=O)O)cc1. The van der Waals surface area contributed by atoms with Crippen LogP contribution in [0.4, 0.5) is 0 Å². The highest BCUT2D eigenvalue weighted by atomic mass is 32.2. The highest BCUT2D eigenvalue weighted by Crippen LogP contribution is 2.12. The number of carboxylic acids is 1. The number of carbonyl (C=O) groups excluding carboxylic acids is 1. The smallest absolute Gasteiger partial charge is 0.304 e. The molecule has 0 aromatic heterocycles. The van der Waals surface area contributed by atoms with Crippen LogP contribution in [0.3, 0.4) is 0 Å². The first-order chi connectivity index (χ1) is 13.3. The molecule has 0 saturated carbocycles. The fraction of sp³-hybridized carbons (Fsp3) is 0.143. The van der Waals surface area contributed by atoms with Gasteiger partial charge in [0, 0.05) is 12.1 Å².